The molecule has 0 aliphatic carbocycles. The number of carbonyl (C=O) groups excluding carboxylic acids is 1. The second-order valence-electron chi connectivity index (χ2n) is 2.92. The highest BCUT2D eigenvalue weighted by Gasteiger charge is 2.17. The van der Waals surface area contributed by atoms with E-state index in [2.05, 4.69) is 15.6 Å². The lowest BCUT2D eigenvalue weighted by Crippen LogP contribution is -2.34. The van der Waals surface area contributed by atoms with E-state index in [4.69, 9.17) is 4.74 Å². The number of rotatable bonds is 3. The quantitative estimate of drug-likeness (QED) is 0.712. The number of nitrogens with zero attached hydrogens (tertiary/aromatic N) is 1. The number of nitrogens with one attached hydrogen (secondary N) is 2. The number of thiazole rings is 1. The van der Waals surface area contributed by atoms with Crippen LogP contribution >= 0.6 is 11.3 Å². The molecular weight excluding hydrogens is 202 g/mol. The normalized spacial score (nSPS) is 21.9. The molecule has 2 heterocycles. The molecule has 0 bridgehead atoms. The molecule has 1 saturated heterocycles. The van der Waals surface area contributed by atoms with Crippen LogP contribution in [0, 0.1) is 0 Å². The van der Waals surface area contributed by atoms with E-state index in [-0.39, 0.29) is 6.04 Å². The molecule has 1 aromatic rings. The first-order valence-electron chi connectivity index (χ1n) is 4.37. The number of aromatic nitrogens is 1. The third-order valence-corrected chi connectivity index (χ3v) is 2.77. The molecule has 0 spiro atoms. The van der Waals surface area contributed by atoms with Crippen LogP contribution in [0.1, 0.15) is 11.7 Å². The largest absolute Gasteiger partial charge is 0.378 e. The summed E-state index contributed by atoms with van der Waals surface area (Å²) >= 11 is 1.42. The van der Waals surface area contributed by atoms with Crippen molar-refractivity contribution in [3.8, 4) is 0 Å². The topological polar surface area (TPSA) is 63.2 Å². The van der Waals surface area contributed by atoms with Crippen LogP contribution in [-0.2, 0) is 9.53 Å². The summed E-state index contributed by atoms with van der Waals surface area (Å²) in [5.74, 6) is 0. The van der Waals surface area contributed by atoms with E-state index in [9.17, 15) is 4.79 Å². The van der Waals surface area contributed by atoms with E-state index in [0.29, 0.717) is 18.1 Å². The summed E-state index contributed by atoms with van der Waals surface area (Å²) in [5, 5.41) is 8.38. The van der Waals surface area contributed by atoms with Gasteiger partial charge in [0, 0.05) is 11.9 Å². The number of hydrogen-bond acceptors (Lipinski definition) is 5. The van der Waals surface area contributed by atoms with Gasteiger partial charge in [0.2, 0.25) is 6.41 Å². The smallest absolute Gasteiger partial charge is 0.213 e. The van der Waals surface area contributed by atoms with Crippen LogP contribution in [0.2, 0.25) is 0 Å². The van der Waals surface area contributed by atoms with E-state index in [1.54, 1.807) is 0 Å². The Morgan fingerprint density at radius 2 is 2.71 bits per heavy atom. The monoisotopic (exact) mass is 213 g/mol. The predicted molar refractivity (Wildman–Crippen MR) is 53.4 cm³/mol. The second kappa shape index (κ2) is 4.50. The minimum atomic E-state index is 0.155. The molecule has 14 heavy (non-hydrogen) atoms. The Hall–Kier alpha value is -0.980. The third-order valence-electron chi connectivity index (χ3n) is 1.98. The summed E-state index contributed by atoms with van der Waals surface area (Å²) in [5.41, 5.74) is 0.930. The van der Waals surface area contributed by atoms with Gasteiger partial charge in [-0.15, -0.1) is 11.3 Å². The van der Waals surface area contributed by atoms with Crippen molar-refractivity contribution in [2.45, 2.75) is 6.04 Å². The number of anilines is 1. The van der Waals surface area contributed by atoms with Gasteiger partial charge < -0.3 is 15.4 Å². The second-order valence-corrected chi connectivity index (χ2v) is 3.78. The van der Waals surface area contributed by atoms with Crippen LogP contribution in [0.3, 0.4) is 0 Å². The highest BCUT2D eigenvalue weighted by molar-refractivity contribution is 7.13. The maximum atomic E-state index is 10.2. The Labute approximate surface area is 85.5 Å². The zero-order valence-corrected chi connectivity index (χ0v) is 8.34. The van der Waals surface area contributed by atoms with Crippen LogP contribution in [0.25, 0.3) is 0 Å². The summed E-state index contributed by atoms with van der Waals surface area (Å²) in [4.78, 5) is 14.4. The maximum Gasteiger partial charge on any atom is 0.213 e. The minimum absolute atomic E-state index is 0.155. The van der Waals surface area contributed by atoms with Gasteiger partial charge in [0.25, 0.3) is 0 Å². The van der Waals surface area contributed by atoms with Crippen LogP contribution in [0.4, 0.5) is 5.13 Å². The molecule has 1 aliphatic heterocycles. The number of hydrogen-bond donors (Lipinski definition) is 2. The van der Waals surface area contributed by atoms with Gasteiger partial charge in [-0.2, -0.15) is 0 Å². The fraction of sp³-hybridized carbons (Fsp3) is 0.500. The lowest BCUT2D eigenvalue weighted by Gasteiger charge is -2.21. The molecule has 0 saturated carbocycles. The molecule has 1 fully saturated rings. The molecular formula is C8H11N3O2S. The van der Waals surface area contributed by atoms with Crippen molar-refractivity contribution in [3.05, 3.63) is 11.1 Å². The van der Waals surface area contributed by atoms with Gasteiger partial charge >= 0.3 is 0 Å². The fourth-order valence-electron chi connectivity index (χ4n) is 1.32. The first-order valence-corrected chi connectivity index (χ1v) is 5.25. The van der Waals surface area contributed by atoms with Crippen molar-refractivity contribution < 1.29 is 9.53 Å². The average molecular weight is 213 g/mol. The van der Waals surface area contributed by atoms with E-state index in [1.165, 1.54) is 11.3 Å². The van der Waals surface area contributed by atoms with Gasteiger partial charge in [-0.05, 0) is 0 Å². The molecule has 1 aliphatic rings. The molecule has 0 radical (unpaired) electrons. The standard InChI is InChI=1S/C8H11N3O2S/c12-5-10-8-11-7(4-14-8)6-3-13-2-1-9-6/h4-6,9H,1-3H2,(H,10,11,12). The summed E-state index contributed by atoms with van der Waals surface area (Å²) in [6.07, 6.45) is 0.632. The summed E-state index contributed by atoms with van der Waals surface area (Å²) < 4.78 is 5.32. The van der Waals surface area contributed by atoms with Crippen LogP contribution < -0.4 is 10.6 Å². The van der Waals surface area contributed by atoms with Gasteiger partial charge in [-0.25, -0.2) is 4.98 Å². The number of ether oxygens (including phenoxy) is 1. The van der Waals surface area contributed by atoms with Crippen molar-refractivity contribution in [1.82, 2.24) is 10.3 Å². The average Bonchev–Trinajstić information content (AvgIpc) is 2.68. The van der Waals surface area contributed by atoms with E-state index in [1.807, 2.05) is 5.38 Å². The molecule has 1 unspecified atom stereocenters. The predicted octanol–water partition coefficient (Wildman–Crippen LogP) is 0.372. The van der Waals surface area contributed by atoms with Gasteiger partial charge in [0.15, 0.2) is 5.13 Å². The van der Waals surface area contributed by atoms with Crippen LogP contribution in [0.5, 0.6) is 0 Å². The Morgan fingerprint density at radius 1 is 1.79 bits per heavy atom. The van der Waals surface area contributed by atoms with Crippen molar-refractivity contribution in [3.63, 3.8) is 0 Å². The molecule has 1 atom stereocenters. The Bertz CT molecular complexity index is 309. The van der Waals surface area contributed by atoms with Gasteiger partial charge in [-0.1, -0.05) is 0 Å². The lowest BCUT2D eigenvalue weighted by atomic mass is 10.2. The van der Waals surface area contributed by atoms with Crippen molar-refractivity contribution in [2.24, 2.45) is 0 Å². The van der Waals surface area contributed by atoms with E-state index >= 15 is 0 Å². The first kappa shape index (κ1) is 9.57. The lowest BCUT2D eigenvalue weighted by molar-refractivity contribution is -0.105. The number of amides is 1. The summed E-state index contributed by atoms with van der Waals surface area (Å²) in [7, 11) is 0. The number of morpholine rings is 1. The van der Waals surface area contributed by atoms with Crippen LogP contribution in [-0.4, -0.2) is 31.2 Å². The highest BCUT2D eigenvalue weighted by Crippen LogP contribution is 2.21. The molecule has 6 heteroatoms. The first-order chi connectivity index (χ1) is 6.90. The molecule has 5 nitrogen and oxygen atoms in total. The maximum absolute atomic E-state index is 10.2. The molecule has 1 amide bonds. The van der Waals surface area contributed by atoms with Crippen molar-refractivity contribution in [1.29, 1.82) is 0 Å². The van der Waals surface area contributed by atoms with E-state index < -0.39 is 0 Å². The molecule has 1 aromatic heterocycles. The Balaban J connectivity index is 2.03. The van der Waals surface area contributed by atoms with E-state index in [0.717, 1.165) is 18.8 Å². The highest BCUT2D eigenvalue weighted by atomic mass is 32.1. The Morgan fingerprint density at radius 3 is 3.43 bits per heavy atom. The molecule has 0 aromatic carbocycles. The van der Waals surface area contributed by atoms with Crippen LogP contribution in [0.15, 0.2) is 5.38 Å². The van der Waals surface area contributed by atoms with Crippen molar-refractivity contribution in [2.75, 3.05) is 25.1 Å². The Kier molecular flexibility index (Phi) is 3.07. The fourth-order valence-corrected chi connectivity index (χ4v) is 2.04. The number of carbonyl (C=O) groups is 1. The summed E-state index contributed by atoms with van der Waals surface area (Å²) in [6, 6.07) is 0.155. The molecule has 76 valence electrons. The van der Waals surface area contributed by atoms with Crippen molar-refractivity contribution >= 4 is 22.9 Å². The molecule has 2 rings (SSSR count). The zero-order chi connectivity index (χ0) is 9.80. The molecule has 2 N–H and O–H groups in total. The SMILES string of the molecule is O=CNc1nc(C2COCCN2)cs1. The van der Waals surface area contributed by atoms with Gasteiger partial charge in [0.1, 0.15) is 0 Å². The summed E-state index contributed by atoms with van der Waals surface area (Å²) in [6.45, 7) is 2.24. The third kappa shape index (κ3) is 2.09. The zero-order valence-electron chi connectivity index (χ0n) is 7.53. The van der Waals surface area contributed by atoms with Gasteiger partial charge in [-0.3, -0.25) is 4.79 Å². The van der Waals surface area contributed by atoms with Gasteiger partial charge in [0.05, 0.1) is 24.9 Å². The minimum Gasteiger partial charge on any atom is -0.378 e.